The van der Waals surface area contributed by atoms with Crippen LogP contribution in [-0.2, 0) is 0 Å². The van der Waals surface area contributed by atoms with Gasteiger partial charge >= 0.3 is 6.03 Å². The summed E-state index contributed by atoms with van der Waals surface area (Å²) in [6.45, 7) is 5.66. The zero-order chi connectivity index (χ0) is 15.4. The van der Waals surface area contributed by atoms with E-state index in [1.807, 2.05) is 29.4 Å². The first-order valence-electron chi connectivity index (χ1n) is 8.43. The number of hydrogen-bond acceptors (Lipinski definition) is 3. The maximum absolute atomic E-state index is 12.4. The fourth-order valence-corrected chi connectivity index (χ4v) is 3.39. The lowest BCUT2D eigenvalue weighted by Gasteiger charge is -2.37. The fraction of sp³-hybridized carbons (Fsp3) is 0.647. The Morgan fingerprint density at radius 1 is 1.09 bits per heavy atom. The molecule has 5 heteroatoms. The van der Waals surface area contributed by atoms with Crippen molar-refractivity contribution in [3.63, 3.8) is 0 Å². The molecule has 2 aliphatic rings. The van der Waals surface area contributed by atoms with Crippen LogP contribution in [0, 0.1) is 5.92 Å². The van der Waals surface area contributed by atoms with Crippen molar-refractivity contribution in [2.75, 3.05) is 31.1 Å². The first-order chi connectivity index (χ1) is 10.7. The van der Waals surface area contributed by atoms with Crippen LogP contribution in [0.3, 0.4) is 0 Å². The number of aromatic nitrogens is 1. The topological polar surface area (TPSA) is 48.5 Å². The minimum Gasteiger partial charge on any atom is -0.368 e. The molecule has 2 amide bonds. The molecule has 2 heterocycles. The van der Waals surface area contributed by atoms with E-state index in [4.69, 9.17) is 0 Å². The number of nitrogens with zero attached hydrogens (tertiary/aromatic N) is 3. The summed E-state index contributed by atoms with van der Waals surface area (Å²) in [6.07, 6.45) is 8.37. The van der Waals surface area contributed by atoms with Crippen molar-refractivity contribution < 1.29 is 4.79 Å². The van der Waals surface area contributed by atoms with Crippen LogP contribution in [0.2, 0.25) is 0 Å². The molecule has 0 bridgehead atoms. The van der Waals surface area contributed by atoms with E-state index in [1.165, 1.54) is 18.5 Å². The third-order valence-corrected chi connectivity index (χ3v) is 4.94. The van der Waals surface area contributed by atoms with E-state index in [0.29, 0.717) is 6.04 Å². The highest BCUT2D eigenvalue weighted by Gasteiger charge is 2.25. The number of pyridine rings is 1. The molecular weight excluding hydrogens is 276 g/mol. The molecule has 3 rings (SSSR count). The molecular formula is C17H26N4O. The number of piperazine rings is 1. The summed E-state index contributed by atoms with van der Waals surface area (Å²) in [7, 11) is 0. The Kier molecular flexibility index (Phi) is 4.80. The van der Waals surface area contributed by atoms with E-state index in [0.717, 1.165) is 44.9 Å². The third kappa shape index (κ3) is 3.70. The molecule has 0 spiro atoms. The molecule has 1 saturated carbocycles. The zero-order valence-corrected chi connectivity index (χ0v) is 13.4. The standard InChI is InChI=1S/C17H26N4O/c1-14-2-4-15(5-3-14)19-17(22)21-12-10-20(11-13-21)16-6-8-18-9-7-16/h6-9,14-15H,2-5,10-13H2,1H3,(H,19,22). The summed E-state index contributed by atoms with van der Waals surface area (Å²) >= 11 is 0. The van der Waals surface area contributed by atoms with Crippen molar-refractivity contribution >= 4 is 11.7 Å². The second kappa shape index (κ2) is 6.99. The first-order valence-corrected chi connectivity index (χ1v) is 8.43. The Hall–Kier alpha value is -1.78. The van der Waals surface area contributed by atoms with Gasteiger partial charge in [0.2, 0.25) is 0 Å². The van der Waals surface area contributed by atoms with Gasteiger partial charge in [0.15, 0.2) is 0 Å². The van der Waals surface area contributed by atoms with Gasteiger partial charge in [0.05, 0.1) is 0 Å². The largest absolute Gasteiger partial charge is 0.368 e. The van der Waals surface area contributed by atoms with Crippen molar-refractivity contribution in [1.29, 1.82) is 0 Å². The number of carbonyl (C=O) groups excluding carboxylic acids is 1. The zero-order valence-electron chi connectivity index (χ0n) is 13.4. The summed E-state index contributed by atoms with van der Waals surface area (Å²) in [6, 6.07) is 4.55. The highest BCUT2D eigenvalue weighted by atomic mass is 16.2. The molecule has 1 aliphatic heterocycles. The van der Waals surface area contributed by atoms with E-state index in [2.05, 4.69) is 22.1 Å². The summed E-state index contributed by atoms with van der Waals surface area (Å²) < 4.78 is 0. The van der Waals surface area contributed by atoms with Crippen LogP contribution < -0.4 is 10.2 Å². The maximum Gasteiger partial charge on any atom is 0.317 e. The number of hydrogen-bond donors (Lipinski definition) is 1. The van der Waals surface area contributed by atoms with Gasteiger partial charge in [0.1, 0.15) is 0 Å². The van der Waals surface area contributed by atoms with Crippen LogP contribution in [0.1, 0.15) is 32.6 Å². The lowest BCUT2D eigenvalue weighted by molar-refractivity contribution is 0.184. The predicted molar refractivity (Wildman–Crippen MR) is 88.0 cm³/mol. The number of anilines is 1. The van der Waals surface area contributed by atoms with Crippen LogP contribution in [0.25, 0.3) is 0 Å². The lowest BCUT2D eigenvalue weighted by Crippen LogP contribution is -2.53. The molecule has 5 nitrogen and oxygen atoms in total. The Morgan fingerprint density at radius 2 is 1.73 bits per heavy atom. The smallest absolute Gasteiger partial charge is 0.317 e. The fourth-order valence-electron chi connectivity index (χ4n) is 3.39. The van der Waals surface area contributed by atoms with Gasteiger partial charge in [-0.15, -0.1) is 0 Å². The number of carbonyl (C=O) groups is 1. The van der Waals surface area contributed by atoms with Crippen molar-refractivity contribution in [2.45, 2.75) is 38.6 Å². The molecule has 0 atom stereocenters. The second-order valence-corrected chi connectivity index (χ2v) is 6.59. The quantitative estimate of drug-likeness (QED) is 0.913. The van der Waals surface area contributed by atoms with E-state index >= 15 is 0 Å². The van der Waals surface area contributed by atoms with Gasteiger partial charge in [0, 0.05) is 50.3 Å². The lowest BCUT2D eigenvalue weighted by atomic mass is 9.87. The van der Waals surface area contributed by atoms with Crippen molar-refractivity contribution in [2.24, 2.45) is 5.92 Å². The van der Waals surface area contributed by atoms with Crippen molar-refractivity contribution in [3.05, 3.63) is 24.5 Å². The minimum atomic E-state index is 0.119. The number of amides is 2. The molecule has 1 aliphatic carbocycles. The molecule has 0 unspecified atom stereocenters. The van der Waals surface area contributed by atoms with Gasteiger partial charge in [-0.05, 0) is 43.7 Å². The van der Waals surface area contributed by atoms with Crippen LogP contribution >= 0.6 is 0 Å². The van der Waals surface area contributed by atoms with Crippen LogP contribution in [0.5, 0.6) is 0 Å². The van der Waals surface area contributed by atoms with E-state index in [9.17, 15) is 4.79 Å². The molecule has 120 valence electrons. The van der Waals surface area contributed by atoms with Crippen molar-refractivity contribution in [1.82, 2.24) is 15.2 Å². The maximum atomic E-state index is 12.4. The Bertz CT molecular complexity index is 477. The van der Waals surface area contributed by atoms with Gasteiger partial charge in [-0.1, -0.05) is 6.92 Å². The minimum absolute atomic E-state index is 0.119. The Balaban J connectivity index is 1.46. The molecule has 1 saturated heterocycles. The van der Waals surface area contributed by atoms with Gasteiger partial charge in [-0.3, -0.25) is 4.98 Å². The summed E-state index contributed by atoms with van der Waals surface area (Å²) in [4.78, 5) is 20.7. The molecule has 2 fully saturated rings. The van der Waals surface area contributed by atoms with Gasteiger partial charge < -0.3 is 15.1 Å². The van der Waals surface area contributed by atoms with Crippen LogP contribution in [0.4, 0.5) is 10.5 Å². The highest BCUT2D eigenvalue weighted by molar-refractivity contribution is 5.75. The number of nitrogens with one attached hydrogen (secondary N) is 1. The molecule has 22 heavy (non-hydrogen) atoms. The molecule has 1 aromatic heterocycles. The Labute approximate surface area is 132 Å². The van der Waals surface area contributed by atoms with E-state index in [-0.39, 0.29) is 6.03 Å². The predicted octanol–water partition coefficient (Wildman–Crippen LogP) is 2.49. The van der Waals surface area contributed by atoms with Crippen LogP contribution in [0.15, 0.2) is 24.5 Å². The Morgan fingerprint density at radius 3 is 2.36 bits per heavy atom. The van der Waals surface area contributed by atoms with Gasteiger partial charge in [-0.2, -0.15) is 0 Å². The summed E-state index contributed by atoms with van der Waals surface area (Å²) in [5.74, 6) is 0.817. The van der Waals surface area contributed by atoms with Crippen LogP contribution in [-0.4, -0.2) is 48.1 Å². The number of rotatable bonds is 2. The highest BCUT2D eigenvalue weighted by Crippen LogP contribution is 2.23. The van der Waals surface area contributed by atoms with E-state index < -0.39 is 0 Å². The average molecular weight is 302 g/mol. The molecule has 0 radical (unpaired) electrons. The third-order valence-electron chi connectivity index (χ3n) is 4.94. The summed E-state index contributed by atoms with van der Waals surface area (Å²) in [5, 5.41) is 3.22. The first kappa shape index (κ1) is 15.1. The number of urea groups is 1. The molecule has 1 N–H and O–H groups in total. The average Bonchev–Trinajstić information content (AvgIpc) is 2.58. The monoisotopic (exact) mass is 302 g/mol. The molecule has 0 aromatic carbocycles. The van der Waals surface area contributed by atoms with Crippen molar-refractivity contribution in [3.8, 4) is 0 Å². The van der Waals surface area contributed by atoms with Gasteiger partial charge in [0.25, 0.3) is 0 Å². The SMILES string of the molecule is CC1CCC(NC(=O)N2CCN(c3ccncc3)CC2)CC1. The second-order valence-electron chi connectivity index (χ2n) is 6.59. The van der Waals surface area contributed by atoms with E-state index in [1.54, 1.807) is 0 Å². The summed E-state index contributed by atoms with van der Waals surface area (Å²) in [5.41, 5.74) is 1.19. The molecule has 1 aromatic rings. The van der Waals surface area contributed by atoms with Gasteiger partial charge in [-0.25, -0.2) is 4.79 Å². The normalized spacial score (nSPS) is 25.9.